The maximum atomic E-state index is 14.0. The van der Waals surface area contributed by atoms with Gasteiger partial charge in [0.1, 0.15) is 6.61 Å². The molecule has 3 aromatic rings. The van der Waals surface area contributed by atoms with Crippen LogP contribution in [0, 0.1) is 11.3 Å². The number of hydrogen-bond acceptors (Lipinski definition) is 6. The molecule has 4 rings (SSSR count). The number of hydrogen-bond donors (Lipinski definition) is 1. The van der Waals surface area contributed by atoms with Crippen LogP contribution in [0.2, 0.25) is 0 Å². The average molecular weight is 539 g/mol. The Bertz CT molecular complexity index is 1340. The molecule has 2 amide bonds. The van der Waals surface area contributed by atoms with Gasteiger partial charge >= 0.3 is 5.97 Å². The van der Waals surface area contributed by atoms with E-state index in [-0.39, 0.29) is 30.9 Å². The van der Waals surface area contributed by atoms with E-state index in [4.69, 9.17) is 10.00 Å². The van der Waals surface area contributed by atoms with Crippen molar-refractivity contribution in [2.45, 2.75) is 31.9 Å². The van der Waals surface area contributed by atoms with Crippen LogP contribution in [0.15, 0.2) is 84.9 Å². The Balaban J connectivity index is 1.39. The van der Waals surface area contributed by atoms with E-state index in [9.17, 15) is 14.4 Å². The summed E-state index contributed by atoms with van der Waals surface area (Å²) >= 11 is 0. The summed E-state index contributed by atoms with van der Waals surface area (Å²) in [5, 5.41) is 12.1. The molecule has 0 aromatic heterocycles. The molecule has 3 aromatic carbocycles. The highest BCUT2D eigenvalue weighted by molar-refractivity contribution is 5.96. The van der Waals surface area contributed by atoms with Crippen LogP contribution in [0.1, 0.15) is 46.8 Å². The molecule has 1 saturated heterocycles. The second kappa shape index (κ2) is 13.0. The van der Waals surface area contributed by atoms with Gasteiger partial charge in [-0.05, 0) is 49.2 Å². The quantitative estimate of drug-likeness (QED) is 0.417. The Morgan fingerprint density at radius 3 is 2.10 bits per heavy atom. The maximum Gasteiger partial charge on any atom is 0.320 e. The number of amides is 2. The number of carbonyl (C=O) groups excluding carboxylic acids is 3. The molecule has 1 unspecified atom stereocenters. The average Bonchev–Trinajstić information content (AvgIpc) is 2.97. The second-order valence-electron chi connectivity index (χ2n) is 10.5. The summed E-state index contributed by atoms with van der Waals surface area (Å²) in [5.41, 5.74) is 1.72. The molecular weight excluding hydrogens is 504 g/mol. The van der Waals surface area contributed by atoms with Crippen LogP contribution < -0.4 is 5.32 Å². The van der Waals surface area contributed by atoms with E-state index in [2.05, 4.69) is 5.32 Å². The molecule has 1 aliphatic heterocycles. The zero-order valence-corrected chi connectivity index (χ0v) is 22.9. The number of benzene rings is 3. The fourth-order valence-corrected chi connectivity index (χ4v) is 4.92. The van der Waals surface area contributed by atoms with Crippen molar-refractivity contribution < 1.29 is 19.1 Å². The summed E-state index contributed by atoms with van der Waals surface area (Å²) in [7, 11) is 0. The van der Waals surface area contributed by atoms with Crippen LogP contribution in [0.3, 0.4) is 0 Å². The van der Waals surface area contributed by atoms with Gasteiger partial charge in [-0.15, -0.1) is 0 Å². The molecule has 0 bridgehead atoms. The molecule has 1 fully saturated rings. The second-order valence-corrected chi connectivity index (χ2v) is 10.5. The fraction of sp³-hybridized carbons (Fsp3) is 0.312. The van der Waals surface area contributed by atoms with E-state index in [0.29, 0.717) is 37.3 Å². The number of carbonyl (C=O) groups is 3. The third kappa shape index (κ3) is 7.33. The molecule has 1 aliphatic rings. The lowest BCUT2D eigenvalue weighted by Gasteiger charge is -2.41. The number of esters is 1. The van der Waals surface area contributed by atoms with E-state index in [1.165, 1.54) is 0 Å². The number of nitriles is 1. The maximum absolute atomic E-state index is 14.0. The SMILES string of the molecule is CC(C)(NC(=O)c1ccc(C#N)cc1)C(C(=O)N1CCN(CC(=O)OCc2ccccc2)CC1)c1ccccc1. The lowest BCUT2D eigenvalue weighted by molar-refractivity contribution is -0.147. The first-order valence-corrected chi connectivity index (χ1v) is 13.3. The molecule has 0 saturated carbocycles. The molecule has 1 N–H and O–H groups in total. The predicted molar refractivity (Wildman–Crippen MR) is 151 cm³/mol. The summed E-state index contributed by atoms with van der Waals surface area (Å²) in [5.74, 6) is -1.32. The highest BCUT2D eigenvalue weighted by Crippen LogP contribution is 2.31. The van der Waals surface area contributed by atoms with Crippen molar-refractivity contribution in [2.75, 3.05) is 32.7 Å². The van der Waals surface area contributed by atoms with E-state index in [1.54, 1.807) is 29.2 Å². The summed E-state index contributed by atoms with van der Waals surface area (Å²) in [6.45, 7) is 6.13. The Labute approximate surface area is 235 Å². The van der Waals surface area contributed by atoms with Crippen LogP contribution in [0.5, 0.6) is 0 Å². The monoisotopic (exact) mass is 538 g/mol. The highest BCUT2D eigenvalue weighted by Gasteiger charge is 2.40. The third-order valence-corrected chi connectivity index (χ3v) is 7.09. The third-order valence-electron chi connectivity index (χ3n) is 7.09. The van der Waals surface area contributed by atoms with Crippen molar-refractivity contribution >= 4 is 17.8 Å². The summed E-state index contributed by atoms with van der Waals surface area (Å²) in [6.07, 6.45) is 0. The number of nitrogens with zero attached hydrogens (tertiary/aromatic N) is 3. The lowest BCUT2D eigenvalue weighted by Crippen LogP contribution is -2.57. The Kier molecular flexibility index (Phi) is 9.31. The highest BCUT2D eigenvalue weighted by atomic mass is 16.5. The molecular formula is C32H34N4O4. The van der Waals surface area contributed by atoms with Crippen LogP contribution >= 0.6 is 0 Å². The van der Waals surface area contributed by atoms with E-state index in [0.717, 1.165) is 11.1 Å². The topological polar surface area (TPSA) is 103 Å². The number of rotatable bonds is 9. The van der Waals surface area contributed by atoms with Crippen molar-refractivity contribution in [3.8, 4) is 6.07 Å². The fourth-order valence-electron chi connectivity index (χ4n) is 4.92. The van der Waals surface area contributed by atoms with E-state index < -0.39 is 11.5 Å². The Hall–Kier alpha value is -4.48. The molecule has 1 atom stereocenters. The van der Waals surface area contributed by atoms with Gasteiger partial charge in [-0.2, -0.15) is 5.26 Å². The molecule has 40 heavy (non-hydrogen) atoms. The predicted octanol–water partition coefficient (Wildman–Crippen LogP) is 3.74. The summed E-state index contributed by atoms with van der Waals surface area (Å²) in [4.78, 5) is 43.3. The van der Waals surface area contributed by atoms with Crippen molar-refractivity contribution in [1.29, 1.82) is 5.26 Å². The van der Waals surface area contributed by atoms with Gasteiger partial charge in [-0.1, -0.05) is 60.7 Å². The molecule has 8 nitrogen and oxygen atoms in total. The van der Waals surface area contributed by atoms with Gasteiger partial charge in [0.2, 0.25) is 5.91 Å². The molecule has 0 aliphatic carbocycles. The lowest BCUT2D eigenvalue weighted by atomic mass is 9.80. The molecule has 206 valence electrons. The van der Waals surface area contributed by atoms with Crippen molar-refractivity contribution in [2.24, 2.45) is 0 Å². The van der Waals surface area contributed by atoms with Crippen LogP contribution in [-0.4, -0.2) is 65.8 Å². The minimum atomic E-state index is -0.915. The van der Waals surface area contributed by atoms with Crippen molar-refractivity contribution in [1.82, 2.24) is 15.1 Å². The van der Waals surface area contributed by atoms with Gasteiger partial charge < -0.3 is 15.0 Å². The van der Waals surface area contributed by atoms with Crippen molar-refractivity contribution in [3.63, 3.8) is 0 Å². The summed E-state index contributed by atoms with van der Waals surface area (Å²) < 4.78 is 5.42. The molecule has 0 spiro atoms. The number of piperazine rings is 1. The van der Waals surface area contributed by atoms with Crippen LogP contribution in [0.25, 0.3) is 0 Å². The Morgan fingerprint density at radius 1 is 0.900 bits per heavy atom. The van der Waals surface area contributed by atoms with Gasteiger partial charge in [0.25, 0.3) is 5.91 Å². The minimum Gasteiger partial charge on any atom is -0.460 e. The van der Waals surface area contributed by atoms with Crippen LogP contribution in [0.4, 0.5) is 0 Å². The smallest absolute Gasteiger partial charge is 0.320 e. The zero-order chi connectivity index (χ0) is 28.5. The standard InChI is InChI=1S/C32H34N4O4/c1-32(2,34-30(38)27-15-13-24(21-33)14-16-27)29(26-11-7-4-8-12-26)31(39)36-19-17-35(18-20-36)22-28(37)40-23-25-9-5-3-6-10-25/h3-16,29H,17-20,22-23H2,1-2H3,(H,34,38). The van der Waals surface area contributed by atoms with E-state index in [1.807, 2.05) is 85.5 Å². The zero-order valence-electron chi connectivity index (χ0n) is 22.9. The number of nitrogens with one attached hydrogen (secondary N) is 1. The molecule has 1 heterocycles. The van der Waals surface area contributed by atoms with Gasteiger partial charge in [0.05, 0.1) is 29.6 Å². The van der Waals surface area contributed by atoms with Gasteiger partial charge in [-0.25, -0.2) is 0 Å². The van der Waals surface area contributed by atoms with E-state index >= 15 is 0 Å². The largest absolute Gasteiger partial charge is 0.460 e. The summed E-state index contributed by atoms with van der Waals surface area (Å²) in [6, 6.07) is 27.5. The normalized spacial score (nSPS) is 14.6. The first-order valence-electron chi connectivity index (χ1n) is 13.3. The van der Waals surface area contributed by atoms with Gasteiger partial charge in [-0.3, -0.25) is 19.3 Å². The minimum absolute atomic E-state index is 0.0809. The first-order chi connectivity index (χ1) is 19.3. The van der Waals surface area contributed by atoms with Crippen LogP contribution in [-0.2, 0) is 20.9 Å². The molecule has 0 radical (unpaired) electrons. The Morgan fingerprint density at radius 2 is 1.50 bits per heavy atom. The van der Waals surface area contributed by atoms with Gasteiger partial charge in [0, 0.05) is 31.7 Å². The van der Waals surface area contributed by atoms with Crippen molar-refractivity contribution in [3.05, 3.63) is 107 Å². The number of ether oxygens (including phenoxy) is 1. The molecule has 8 heteroatoms. The van der Waals surface area contributed by atoms with Gasteiger partial charge in [0.15, 0.2) is 0 Å². The first kappa shape index (κ1) is 28.5.